The van der Waals surface area contributed by atoms with Crippen LogP contribution in [0.1, 0.15) is 25.0 Å². The Morgan fingerprint density at radius 3 is 3.06 bits per heavy atom. The number of methoxy groups -OCH3 is 1. The quantitative estimate of drug-likeness (QED) is 0.657. The van der Waals surface area contributed by atoms with Crippen LogP contribution in [0.4, 0.5) is 0 Å². The van der Waals surface area contributed by atoms with Gasteiger partial charge >= 0.3 is 0 Å². The van der Waals surface area contributed by atoms with Gasteiger partial charge in [0.2, 0.25) is 0 Å². The second kappa shape index (κ2) is 6.26. The summed E-state index contributed by atoms with van der Waals surface area (Å²) < 4.78 is 6.80. The van der Waals surface area contributed by atoms with Crippen molar-refractivity contribution < 1.29 is 9.84 Å². The van der Waals surface area contributed by atoms with Crippen molar-refractivity contribution in [2.45, 2.75) is 32.4 Å². The summed E-state index contributed by atoms with van der Waals surface area (Å²) in [5, 5.41) is 20.2. The lowest BCUT2D eigenvalue weighted by molar-refractivity contribution is 0.171. The summed E-state index contributed by atoms with van der Waals surface area (Å²) in [7, 11) is 1.75. The minimum Gasteiger partial charge on any atom is -0.394 e. The number of rotatable bonds is 9. The van der Waals surface area contributed by atoms with E-state index in [2.05, 4.69) is 15.6 Å². The Kier molecular flexibility index (Phi) is 4.68. The van der Waals surface area contributed by atoms with Crippen LogP contribution in [-0.4, -0.2) is 47.0 Å². The highest BCUT2D eigenvalue weighted by atomic mass is 16.5. The number of aromatic nitrogens is 3. The molecule has 0 atom stereocenters. The molecule has 1 saturated carbocycles. The third-order valence-electron chi connectivity index (χ3n) is 3.51. The topological polar surface area (TPSA) is 72.2 Å². The van der Waals surface area contributed by atoms with Crippen LogP contribution >= 0.6 is 0 Å². The number of hydrogen-bond donors (Lipinski definition) is 2. The lowest BCUT2D eigenvalue weighted by Gasteiger charge is -2.14. The zero-order valence-electron chi connectivity index (χ0n) is 10.9. The first-order valence-electron chi connectivity index (χ1n) is 6.47. The van der Waals surface area contributed by atoms with Crippen molar-refractivity contribution in [3.63, 3.8) is 0 Å². The number of ether oxygens (including phenoxy) is 1. The van der Waals surface area contributed by atoms with Crippen LogP contribution in [0.15, 0.2) is 6.20 Å². The maximum Gasteiger partial charge on any atom is 0.0964 e. The number of aliphatic hydroxyl groups is 1. The number of nitrogens with one attached hydrogen (secondary N) is 1. The first kappa shape index (κ1) is 13.5. The Hall–Kier alpha value is -0.980. The van der Waals surface area contributed by atoms with Gasteiger partial charge in [-0.2, -0.15) is 0 Å². The highest BCUT2D eigenvalue weighted by Crippen LogP contribution is 2.48. The van der Waals surface area contributed by atoms with Crippen LogP contribution in [0, 0.1) is 5.41 Å². The monoisotopic (exact) mass is 254 g/mol. The number of nitrogens with zero attached hydrogens (tertiary/aromatic N) is 3. The molecular weight excluding hydrogens is 232 g/mol. The van der Waals surface area contributed by atoms with Gasteiger partial charge in [0.1, 0.15) is 0 Å². The fourth-order valence-electron chi connectivity index (χ4n) is 2.10. The summed E-state index contributed by atoms with van der Waals surface area (Å²) in [5.41, 5.74) is 1.38. The Morgan fingerprint density at radius 1 is 1.56 bits per heavy atom. The Balaban J connectivity index is 1.68. The molecule has 1 aliphatic rings. The molecule has 2 rings (SSSR count). The first-order valence-corrected chi connectivity index (χ1v) is 6.47. The van der Waals surface area contributed by atoms with Gasteiger partial charge < -0.3 is 15.2 Å². The van der Waals surface area contributed by atoms with Crippen molar-refractivity contribution in [3.05, 3.63) is 11.9 Å². The van der Waals surface area contributed by atoms with E-state index in [1.54, 1.807) is 11.8 Å². The summed E-state index contributed by atoms with van der Waals surface area (Å²) in [5.74, 6) is 0. The largest absolute Gasteiger partial charge is 0.394 e. The highest BCUT2D eigenvalue weighted by molar-refractivity contribution is 4.97. The van der Waals surface area contributed by atoms with Crippen molar-refractivity contribution in [1.82, 2.24) is 20.3 Å². The second-order valence-electron chi connectivity index (χ2n) is 5.04. The molecule has 6 nitrogen and oxygen atoms in total. The molecule has 6 heteroatoms. The van der Waals surface area contributed by atoms with E-state index in [9.17, 15) is 0 Å². The van der Waals surface area contributed by atoms with Crippen molar-refractivity contribution in [2.24, 2.45) is 5.41 Å². The van der Waals surface area contributed by atoms with Crippen LogP contribution in [0.5, 0.6) is 0 Å². The zero-order valence-corrected chi connectivity index (χ0v) is 10.9. The van der Waals surface area contributed by atoms with Crippen LogP contribution in [0.3, 0.4) is 0 Å². The van der Waals surface area contributed by atoms with Gasteiger partial charge in [0.05, 0.1) is 18.8 Å². The average Bonchev–Trinajstić information content (AvgIpc) is 3.00. The maximum atomic E-state index is 8.79. The van der Waals surface area contributed by atoms with Crippen molar-refractivity contribution in [3.8, 4) is 0 Å². The second-order valence-corrected chi connectivity index (χ2v) is 5.04. The van der Waals surface area contributed by atoms with E-state index in [0.29, 0.717) is 12.0 Å². The minimum absolute atomic E-state index is 0.0936. The molecule has 1 aliphatic carbocycles. The molecule has 102 valence electrons. The standard InChI is InChI=1S/C12H22N4O2/c1-18-7-4-12(2-3-12)10-13-8-11-9-16(5-6-17)15-14-11/h9,13,17H,2-8,10H2,1H3. The number of hydrogen-bond acceptors (Lipinski definition) is 5. The van der Waals surface area contributed by atoms with E-state index in [0.717, 1.165) is 31.8 Å². The normalized spacial score (nSPS) is 17.0. The van der Waals surface area contributed by atoms with Crippen LogP contribution in [-0.2, 0) is 17.8 Å². The van der Waals surface area contributed by atoms with Crippen LogP contribution in [0.25, 0.3) is 0 Å². The predicted octanol–water partition coefficient (Wildman–Crippen LogP) is 0.177. The van der Waals surface area contributed by atoms with Crippen molar-refractivity contribution >= 4 is 0 Å². The lowest BCUT2D eigenvalue weighted by Crippen LogP contribution is -2.24. The molecule has 0 unspecified atom stereocenters. The maximum absolute atomic E-state index is 8.79. The van der Waals surface area contributed by atoms with E-state index in [4.69, 9.17) is 9.84 Å². The molecule has 1 aromatic rings. The van der Waals surface area contributed by atoms with E-state index in [1.165, 1.54) is 12.8 Å². The summed E-state index contributed by atoms with van der Waals surface area (Å²) in [6, 6.07) is 0. The highest BCUT2D eigenvalue weighted by Gasteiger charge is 2.41. The van der Waals surface area contributed by atoms with E-state index in [1.807, 2.05) is 6.20 Å². The Morgan fingerprint density at radius 2 is 2.39 bits per heavy atom. The van der Waals surface area contributed by atoms with Gasteiger partial charge in [0.25, 0.3) is 0 Å². The SMILES string of the molecule is COCCC1(CNCc2cn(CCO)nn2)CC1. The molecule has 0 radical (unpaired) electrons. The summed E-state index contributed by atoms with van der Waals surface area (Å²) in [4.78, 5) is 0. The smallest absolute Gasteiger partial charge is 0.0964 e. The molecule has 0 aliphatic heterocycles. The molecule has 2 N–H and O–H groups in total. The average molecular weight is 254 g/mol. The Labute approximate surface area is 107 Å². The first-order chi connectivity index (χ1) is 8.78. The van der Waals surface area contributed by atoms with Gasteiger partial charge in [-0.1, -0.05) is 5.21 Å². The van der Waals surface area contributed by atoms with Gasteiger partial charge in [-0.15, -0.1) is 5.10 Å². The summed E-state index contributed by atoms with van der Waals surface area (Å²) in [6.07, 6.45) is 5.59. The van der Waals surface area contributed by atoms with Crippen molar-refractivity contribution in [2.75, 3.05) is 26.9 Å². The van der Waals surface area contributed by atoms with Crippen molar-refractivity contribution in [1.29, 1.82) is 0 Å². The molecule has 0 spiro atoms. The molecule has 0 amide bonds. The fraction of sp³-hybridized carbons (Fsp3) is 0.833. The van der Waals surface area contributed by atoms with E-state index < -0.39 is 0 Å². The molecule has 1 fully saturated rings. The fourth-order valence-corrected chi connectivity index (χ4v) is 2.10. The predicted molar refractivity (Wildman–Crippen MR) is 67.0 cm³/mol. The molecular formula is C12H22N4O2. The third kappa shape index (κ3) is 3.76. The van der Waals surface area contributed by atoms with Gasteiger partial charge in [0.15, 0.2) is 0 Å². The molecule has 1 aromatic heterocycles. The van der Waals surface area contributed by atoms with E-state index in [-0.39, 0.29) is 6.61 Å². The lowest BCUT2D eigenvalue weighted by atomic mass is 10.0. The zero-order chi connectivity index (χ0) is 12.8. The van der Waals surface area contributed by atoms with E-state index >= 15 is 0 Å². The molecule has 1 heterocycles. The summed E-state index contributed by atoms with van der Waals surface area (Å²) in [6.45, 7) is 3.19. The number of aliphatic hydroxyl groups excluding tert-OH is 1. The third-order valence-corrected chi connectivity index (χ3v) is 3.51. The van der Waals surface area contributed by atoms with Crippen LogP contribution < -0.4 is 5.32 Å². The molecule has 18 heavy (non-hydrogen) atoms. The molecule has 0 aromatic carbocycles. The van der Waals surface area contributed by atoms with Gasteiger partial charge in [0, 0.05) is 33.0 Å². The minimum atomic E-state index is 0.0936. The Bertz CT molecular complexity index is 363. The van der Waals surface area contributed by atoms with Gasteiger partial charge in [-0.05, 0) is 24.7 Å². The summed E-state index contributed by atoms with van der Waals surface area (Å²) >= 11 is 0. The molecule has 0 bridgehead atoms. The van der Waals surface area contributed by atoms with Crippen LogP contribution in [0.2, 0.25) is 0 Å². The van der Waals surface area contributed by atoms with Gasteiger partial charge in [-0.3, -0.25) is 0 Å². The van der Waals surface area contributed by atoms with Gasteiger partial charge in [-0.25, -0.2) is 4.68 Å². The molecule has 0 saturated heterocycles.